The van der Waals surface area contributed by atoms with E-state index < -0.39 is 0 Å². The Morgan fingerprint density at radius 3 is 2.65 bits per heavy atom. The molecule has 0 radical (unpaired) electrons. The van der Waals surface area contributed by atoms with E-state index in [1.54, 1.807) is 0 Å². The number of aromatic nitrogens is 1. The van der Waals surface area contributed by atoms with Gasteiger partial charge in [0, 0.05) is 23.1 Å². The second kappa shape index (κ2) is 4.92. The minimum atomic E-state index is 0.755. The van der Waals surface area contributed by atoms with E-state index in [9.17, 15) is 0 Å². The van der Waals surface area contributed by atoms with Crippen LogP contribution in [0.25, 0.3) is 10.9 Å². The van der Waals surface area contributed by atoms with E-state index in [0.717, 1.165) is 25.9 Å². The standard InChI is InChI=1S/C15H22N2/c1-4-13-6-7-15-14(10-13)11(2)12(3)17(15)9-5-8-16/h6-7,10H,4-5,8-9,16H2,1-3H3. The normalized spacial score (nSPS) is 11.3. The molecule has 2 N–H and O–H groups in total. The molecule has 0 amide bonds. The molecule has 0 aliphatic carbocycles. The van der Waals surface area contributed by atoms with Crippen LogP contribution in [0.4, 0.5) is 0 Å². The Hall–Kier alpha value is -1.28. The summed E-state index contributed by atoms with van der Waals surface area (Å²) in [5.41, 5.74) is 11.2. The van der Waals surface area contributed by atoms with Gasteiger partial charge in [-0.2, -0.15) is 0 Å². The number of aryl methyl sites for hydroxylation is 3. The first-order chi connectivity index (χ1) is 8.19. The summed E-state index contributed by atoms with van der Waals surface area (Å²) in [6.45, 7) is 8.41. The van der Waals surface area contributed by atoms with Crippen molar-refractivity contribution in [2.24, 2.45) is 5.73 Å². The van der Waals surface area contributed by atoms with Crippen LogP contribution >= 0.6 is 0 Å². The maximum absolute atomic E-state index is 5.61. The number of nitrogens with two attached hydrogens (primary N) is 1. The predicted molar refractivity (Wildman–Crippen MR) is 74.5 cm³/mol. The number of benzene rings is 1. The van der Waals surface area contributed by atoms with E-state index in [1.165, 1.54) is 27.7 Å². The molecule has 2 heteroatoms. The maximum atomic E-state index is 5.61. The van der Waals surface area contributed by atoms with Crippen LogP contribution in [0.5, 0.6) is 0 Å². The lowest BCUT2D eigenvalue weighted by Gasteiger charge is -2.07. The summed E-state index contributed by atoms with van der Waals surface area (Å²) in [6, 6.07) is 6.82. The van der Waals surface area contributed by atoms with Crippen LogP contribution in [-0.4, -0.2) is 11.1 Å². The van der Waals surface area contributed by atoms with E-state index in [2.05, 4.69) is 43.5 Å². The molecule has 2 aromatic rings. The SMILES string of the molecule is CCc1ccc2c(c1)c(C)c(C)n2CCCN. The van der Waals surface area contributed by atoms with Gasteiger partial charge in [0.2, 0.25) is 0 Å². The van der Waals surface area contributed by atoms with Crippen molar-refractivity contribution in [3.8, 4) is 0 Å². The predicted octanol–water partition coefficient (Wildman–Crippen LogP) is 3.17. The first-order valence-corrected chi connectivity index (χ1v) is 6.47. The summed E-state index contributed by atoms with van der Waals surface area (Å²) in [7, 11) is 0. The summed E-state index contributed by atoms with van der Waals surface area (Å²) < 4.78 is 2.40. The van der Waals surface area contributed by atoms with Crippen molar-refractivity contribution in [1.29, 1.82) is 0 Å². The van der Waals surface area contributed by atoms with Gasteiger partial charge >= 0.3 is 0 Å². The molecule has 0 saturated heterocycles. The fourth-order valence-electron chi connectivity index (χ4n) is 2.45. The zero-order chi connectivity index (χ0) is 12.4. The quantitative estimate of drug-likeness (QED) is 0.859. The van der Waals surface area contributed by atoms with Crippen molar-refractivity contribution in [2.75, 3.05) is 6.54 Å². The van der Waals surface area contributed by atoms with Gasteiger partial charge in [-0.25, -0.2) is 0 Å². The summed E-state index contributed by atoms with van der Waals surface area (Å²) in [4.78, 5) is 0. The van der Waals surface area contributed by atoms with Crippen LogP contribution in [0.3, 0.4) is 0 Å². The van der Waals surface area contributed by atoms with Gasteiger partial charge in [-0.05, 0) is 56.5 Å². The van der Waals surface area contributed by atoms with Gasteiger partial charge in [0.05, 0.1) is 0 Å². The van der Waals surface area contributed by atoms with Gasteiger partial charge in [0.1, 0.15) is 0 Å². The molecule has 2 nitrogen and oxygen atoms in total. The molecule has 1 heterocycles. The van der Waals surface area contributed by atoms with Crippen LogP contribution in [0.1, 0.15) is 30.2 Å². The van der Waals surface area contributed by atoms with Crippen LogP contribution < -0.4 is 5.73 Å². The zero-order valence-electron chi connectivity index (χ0n) is 11.1. The number of nitrogens with zero attached hydrogens (tertiary/aromatic N) is 1. The van der Waals surface area contributed by atoms with Gasteiger partial charge in [-0.1, -0.05) is 13.0 Å². The van der Waals surface area contributed by atoms with Crippen molar-refractivity contribution in [2.45, 2.75) is 40.2 Å². The largest absolute Gasteiger partial charge is 0.345 e. The van der Waals surface area contributed by atoms with Crippen molar-refractivity contribution in [3.63, 3.8) is 0 Å². The number of fused-ring (bicyclic) bond motifs is 1. The Morgan fingerprint density at radius 1 is 1.24 bits per heavy atom. The number of rotatable bonds is 4. The van der Waals surface area contributed by atoms with Gasteiger partial charge in [-0.3, -0.25) is 0 Å². The monoisotopic (exact) mass is 230 g/mol. The topological polar surface area (TPSA) is 30.9 Å². The highest BCUT2D eigenvalue weighted by Gasteiger charge is 2.10. The van der Waals surface area contributed by atoms with Crippen LogP contribution in [0.2, 0.25) is 0 Å². The van der Waals surface area contributed by atoms with Crippen LogP contribution in [0, 0.1) is 13.8 Å². The minimum absolute atomic E-state index is 0.755. The second-order valence-electron chi connectivity index (χ2n) is 4.71. The molecule has 17 heavy (non-hydrogen) atoms. The molecule has 1 aromatic carbocycles. The average molecular weight is 230 g/mol. The van der Waals surface area contributed by atoms with Crippen molar-refractivity contribution >= 4 is 10.9 Å². The van der Waals surface area contributed by atoms with Crippen molar-refractivity contribution < 1.29 is 0 Å². The molecular weight excluding hydrogens is 208 g/mol. The van der Waals surface area contributed by atoms with Gasteiger partial charge in [-0.15, -0.1) is 0 Å². The molecule has 0 saturated carbocycles. The zero-order valence-corrected chi connectivity index (χ0v) is 11.1. The molecule has 0 unspecified atom stereocenters. The summed E-state index contributed by atoms with van der Waals surface area (Å²) in [5, 5.41) is 1.40. The lowest BCUT2D eigenvalue weighted by atomic mass is 10.1. The van der Waals surface area contributed by atoms with Crippen molar-refractivity contribution in [3.05, 3.63) is 35.0 Å². The molecule has 0 fully saturated rings. The van der Waals surface area contributed by atoms with E-state index in [1.807, 2.05) is 0 Å². The highest BCUT2D eigenvalue weighted by molar-refractivity contribution is 5.86. The lowest BCUT2D eigenvalue weighted by Crippen LogP contribution is -2.06. The second-order valence-corrected chi connectivity index (χ2v) is 4.71. The van der Waals surface area contributed by atoms with E-state index in [-0.39, 0.29) is 0 Å². The third-order valence-corrected chi connectivity index (χ3v) is 3.70. The first-order valence-electron chi connectivity index (χ1n) is 6.47. The molecule has 0 aliphatic rings. The Labute approximate surface area is 103 Å². The maximum Gasteiger partial charge on any atom is 0.0485 e. The third-order valence-electron chi connectivity index (χ3n) is 3.70. The third kappa shape index (κ3) is 2.09. The first kappa shape index (κ1) is 12.2. The molecular formula is C15H22N2. The minimum Gasteiger partial charge on any atom is -0.345 e. The van der Waals surface area contributed by atoms with Gasteiger partial charge in [0.15, 0.2) is 0 Å². The van der Waals surface area contributed by atoms with Crippen LogP contribution in [0.15, 0.2) is 18.2 Å². The highest BCUT2D eigenvalue weighted by atomic mass is 15.0. The molecule has 92 valence electrons. The summed E-state index contributed by atoms with van der Waals surface area (Å²) in [5.74, 6) is 0. The number of hydrogen-bond donors (Lipinski definition) is 1. The number of hydrogen-bond acceptors (Lipinski definition) is 1. The summed E-state index contributed by atoms with van der Waals surface area (Å²) in [6.07, 6.45) is 2.14. The van der Waals surface area contributed by atoms with Crippen LogP contribution in [-0.2, 0) is 13.0 Å². The van der Waals surface area contributed by atoms with Crippen molar-refractivity contribution in [1.82, 2.24) is 4.57 Å². The molecule has 2 rings (SSSR count). The molecule has 0 bridgehead atoms. The van der Waals surface area contributed by atoms with E-state index >= 15 is 0 Å². The Bertz CT molecular complexity index is 523. The molecule has 0 aliphatic heterocycles. The van der Waals surface area contributed by atoms with E-state index in [0.29, 0.717) is 0 Å². The Balaban J connectivity index is 2.56. The lowest BCUT2D eigenvalue weighted by molar-refractivity contribution is 0.655. The van der Waals surface area contributed by atoms with Gasteiger partial charge < -0.3 is 10.3 Å². The Morgan fingerprint density at radius 2 is 2.00 bits per heavy atom. The highest BCUT2D eigenvalue weighted by Crippen LogP contribution is 2.26. The fourth-order valence-corrected chi connectivity index (χ4v) is 2.45. The fraction of sp³-hybridized carbons (Fsp3) is 0.467. The molecule has 1 aromatic heterocycles. The van der Waals surface area contributed by atoms with Gasteiger partial charge in [0.25, 0.3) is 0 Å². The summed E-state index contributed by atoms with van der Waals surface area (Å²) >= 11 is 0. The smallest absolute Gasteiger partial charge is 0.0485 e. The molecule has 0 spiro atoms. The Kier molecular flexibility index (Phi) is 3.53. The molecule has 0 atom stereocenters. The average Bonchev–Trinajstić information content (AvgIpc) is 2.60. The van der Waals surface area contributed by atoms with E-state index in [4.69, 9.17) is 5.73 Å².